The molecule has 3 heterocycles. The first kappa shape index (κ1) is 27.6. The minimum Gasteiger partial charge on any atom is -0.481 e. The van der Waals surface area contributed by atoms with E-state index in [-0.39, 0.29) is 12.0 Å². The van der Waals surface area contributed by atoms with Crippen molar-refractivity contribution in [1.29, 1.82) is 0 Å². The van der Waals surface area contributed by atoms with Crippen LogP contribution in [0.3, 0.4) is 0 Å². The zero-order chi connectivity index (χ0) is 28.5. The van der Waals surface area contributed by atoms with Crippen LogP contribution in [-0.4, -0.2) is 54.5 Å². The lowest BCUT2D eigenvalue weighted by atomic mass is 9.79. The van der Waals surface area contributed by atoms with Gasteiger partial charge in [-0.2, -0.15) is 8.42 Å². The Morgan fingerprint density at radius 1 is 1.13 bits per heavy atom. The van der Waals surface area contributed by atoms with Crippen molar-refractivity contribution in [2.45, 2.75) is 83.2 Å². The Morgan fingerprint density at radius 3 is 2.51 bits per heavy atom. The largest absolute Gasteiger partial charge is 0.481 e. The Labute approximate surface area is 229 Å². The second-order valence-corrected chi connectivity index (χ2v) is 14.1. The van der Waals surface area contributed by atoms with E-state index in [0.29, 0.717) is 42.5 Å². The van der Waals surface area contributed by atoms with E-state index < -0.39 is 33.3 Å². The lowest BCUT2D eigenvalue weighted by Gasteiger charge is -2.48. The molecule has 5 rings (SSSR count). The van der Waals surface area contributed by atoms with Crippen LogP contribution in [0.4, 0.5) is 11.4 Å². The van der Waals surface area contributed by atoms with Gasteiger partial charge in [-0.15, -0.1) is 0 Å². The molecule has 2 aromatic rings. The molecular weight excluding hydrogens is 518 g/mol. The van der Waals surface area contributed by atoms with Gasteiger partial charge in [-0.05, 0) is 64.2 Å². The van der Waals surface area contributed by atoms with Crippen LogP contribution in [0.25, 0.3) is 0 Å². The third-order valence-corrected chi connectivity index (χ3v) is 9.50. The van der Waals surface area contributed by atoms with Crippen LogP contribution in [0.2, 0.25) is 0 Å². The van der Waals surface area contributed by atoms with E-state index in [9.17, 15) is 22.9 Å². The van der Waals surface area contributed by atoms with Gasteiger partial charge < -0.3 is 14.7 Å². The summed E-state index contributed by atoms with van der Waals surface area (Å²) in [6.45, 7) is 11.2. The number of rotatable bonds is 6. The molecular formula is C29H38N3O6S+. The van der Waals surface area contributed by atoms with Gasteiger partial charge >= 0.3 is 5.97 Å². The second kappa shape index (κ2) is 9.30. The van der Waals surface area contributed by atoms with Gasteiger partial charge in [0.2, 0.25) is 5.36 Å². The first-order valence-corrected chi connectivity index (χ1v) is 15.1. The first-order chi connectivity index (χ1) is 18.1. The van der Waals surface area contributed by atoms with E-state index in [1.54, 1.807) is 0 Å². The molecule has 0 spiro atoms. The molecule has 2 aromatic carbocycles. The Hall–Kier alpha value is -2.98. The Balaban J connectivity index is 1.66. The molecule has 0 aliphatic carbocycles. The standard InChI is InChI=1S/C29H37N3O6S/c1-17-14-28(2,3)31(6)23-12-25-21(10-19(17)23)30-22-11-20-18(16-39(35,36)37)15-29(4,5)32(9-7-8-27(33)34)24(20)13-26(22)38-25/h10-13,17-18H,7-9,14-16H2,1-6H3,(H-,33,34,35,36,37)/p+1. The molecule has 0 saturated carbocycles. The van der Waals surface area contributed by atoms with Crippen molar-refractivity contribution in [3.05, 3.63) is 46.1 Å². The van der Waals surface area contributed by atoms with Gasteiger partial charge in [0.15, 0.2) is 17.0 Å². The lowest BCUT2D eigenvalue weighted by molar-refractivity contribution is -0.137. The molecule has 39 heavy (non-hydrogen) atoms. The van der Waals surface area contributed by atoms with Crippen LogP contribution >= 0.6 is 0 Å². The summed E-state index contributed by atoms with van der Waals surface area (Å²) in [4.78, 5) is 18.3. The van der Waals surface area contributed by atoms with Crippen LogP contribution < -0.4 is 24.9 Å². The molecule has 3 aliphatic rings. The van der Waals surface area contributed by atoms with E-state index >= 15 is 0 Å². The number of fused-ring (bicyclic) bond motifs is 4. The summed E-state index contributed by atoms with van der Waals surface area (Å²) in [6, 6.07) is 7.93. The fourth-order valence-corrected chi connectivity index (χ4v) is 7.47. The fraction of sp³-hybridized carbons (Fsp3) is 0.552. The molecule has 0 saturated heterocycles. The number of aliphatic carboxylic acids is 1. The van der Waals surface area contributed by atoms with E-state index in [4.69, 9.17) is 9.73 Å². The topological polar surface area (TPSA) is 120 Å². The Bertz CT molecular complexity index is 1600. The van der Waals surface area contributed by atoms with Crippen molar-refractivity contribution in [3.8, 4) is 11.5 Å². The van der Waals surface area contributed by atoms with E-state index in [0.717, 1.165) is 28.4 Å². The third-order valence-electron chi connectivity index (χ3n) is 8.67. The van der Waals surface area contributed by atoms with Crippen LogP contribution in [0.1, 0.15) is 83.3 Å². The second-order valence-electron chi connectivity index (χ2n) is 12.6. The summed E-state index contributed by atoms with van der Waals surface area (Å²) in [6.07, 6.45) is 1.98. The maximum absolute atomic E-state index is 12.0. The highest BCUT2D eigenvalue weighted by atomic mass is 32.2. The van der Waals surface area contributed by atoms with Gasteiger partial charge in [-0.25, -0.2) is 9.57 Å². The van der Waals surface area contributed by atoms with Gasteiger partial charge in [0.1, 0.15) is 18.1 Å². The number of anilines is 1. The molecule has 2 atom stereocenters. The molecule has 0 aromatic heterocycles. The smallest absolute Gasteiger partial charge is 0.303 e. The highest BCUT2D eigenvalue weighted by Gasteiger charge is 2.41. The van der Waals surface area contributed by atoms with E-state index in [1.807, 2.05) is 26.0 Å². The third kappa shape index (κ3) is 5.16. The minimum absolute atomic E-state index is 0.00747. The molecule has 2 unspecified atom stereocenters. The minimum atomic E-state index is -4.23. The van der Waals surface area contributed by atoms with Gasteiger partial charge in [0.05, 0.1) is 11.8 Å². The molecule has 2 N–H and O–H groups in total. The maximum atomic E-state index is 12.0. The summed E-state index contributed by atoms with van der Waals surface area (Å²) in [5.41, 5.74) is 2.93. The zero-order valence-corrected chi connectivity index (χ0v) is 24.3. The van der Waals surface area contributed by atoms with E-state index in [2.05, 4.69) is 49.4 Å². The SMILES string of the molecule is CC1CC(C)(C)[N+](C)=c2cc3c(cc21)=Nc1cc2c(cc1O3)N(CCCC(=O)O)C(C)(C)CC2CS(=O)(=O)O. The number of ether oxygens (including phenoxy) is 1. The average molecular weight is 557 g/mol. The molecule has 9 nitrogen and oxygen atoms in total. The molecule has 0 fully saturated rings. The molecule has 0 radical (unpaired) electrons. The maximum Gasteiger partial charge on any atom is 0.303 e. The highest BCUT2D eigenvalue weighted by Crippen LogP contribution is 2.49. The fourth-order valence-electron chi connectivity index (χ4n) is 6.67. The van der Waals surface area contributed by atoms with Gasteiger partial charge in [0.25, 0.3) is 10.1 Å². The number of carbonyl (C=O) groups is 1. The summed E-state index contributed by atoms with van der Waals surface area (Å²) in [7, 11) is -2.12. The van der Waals surface area contributed by atoms with Crippen molar-refractivity contribution in [2.75, 3.05) is 24.2 Å². The van der Waals surface area contributed by atoms with Crippen LogP contribution in [0.15, 0.2) is 29.3 Å². The normalized spacial score (nSPS) is 22.5. The summed E-state index contributed by atoms with van der Waals surface area (Å²) in [5, 5.41) is 11.1. The van der Waals surface area contributed by atoms with Crippen LogP contribution in [-0.2, 0) is 14.9 Å². The number of hydrogen-bond donors (Lipinski definition) is 2. The summed E-state index contributed by atoms with van der Waals surface area (Å²) < 4.78 is 42.4. The van der Waals surface area contributed by atoms with Crippen molar-refractivity contribution in [2.24, 2.45) is 4.99 Å². The van der Waals surface area contributed by atoms with Crippen molar-refractivity contribution in [3.63, 3.8) is 0 Å². The predicted octanol–water partition coefficient (Wildman–Crippen LogP) is 3.98. The molecule has 0 amide bonds. The molecule has 0 bridgehead atoms. The number of carboxylic acids is 1. The van der Waals surface area contributed by atoms with Crippen molar-refractivity contribution < 1.29 is 27.6 Å². The molecule has 3 aliphatic heterocycles. The number of nitrogens with zero attached hydrogens (tertiary/aromatic N) is 3. The first-order valence-electron chi connectivity index (χ1n) is 13.5. The van der Waals surface area contributed by atoms with Crippen molar-refractivity contribution >= 4 is 27.5 Å². The Kier molecular flexibility index (Phi) is 6.58. The zero-order valence-electron chi connectivity index (χ0n) is 23.5. The van der Waals surface area contributed by atoms with Gasteiger partial charge in [0, 0.05) is 48.2 Å². The quantitative estimate of drug-likeness (QED) is 0.348. The monoisotopic (exact) mass is 556 g/mol. The lowest BCUT2D eigenvalue weighted by Crippen LogP contribution is -2.50. The number of benzene rings is 2. The van der Waals surface area contributed by atoms with Gasteiger partial charge in [-0.3, -0.25) is 9.35 Å². The number of hydrogen-bond acceptors (Lipinski definition) is 6. The van der Waals surface area contributed by atoms with E-state index in [1.165, 1.54) is 5.56 Å². The number of carboxylic acid groups (broad SMARTS) is 1. The summed E-state index contributed by atoms with van der Waals surface area (Å²) >= 11 is 0. The van der Waals surface area contributed by atoms with Gasteiger partial charge in [-0.1, -0.05) is 6.92 Å². The Morgan fingerprint density at radius 2 is 1.85 bits per heavy atom. The average Bonchev–Trinajstić information content (AvgIpc) is 2.80. The van der Waals surface area contributed by atoms with Crippen LogP contribution in [0, 0.1) is 0 Å². The summed E-state index contributed by atoms with van der Waals surface area (Å²) in [5.74, 6) is -0.0994. The van der Waals surface area contributed by atoms with Crippen molar-refractivity contribution in [1.82, 2.24) is 4.58 Å². The van der Waals surface area contributed by atoms with Crippen LogP contribution in [0.5, 0.6) is 11.5 Å². The highest BCUT2D eigenvalue weighted by molar-refractivity contribution is 7.85. The predicted molar refractivity (Wildman–Crippen MR) is 150 cm³/mol. The molecule has 210 valence electrons. The molecule has 10 heteroatoms.